The SMILES string of the molecule is CC(C)C[C@H]1NN(C(=O)c2ccccc2)[C@H]2C=CC[C@@H]12. The summed E-state index contributed by atoms with van der Waals surface area (Å²) in [5.74, 6) is 1.25. The number of amides is 1. The summed E-state index contributed by atoms with van der Waals surface area (Å²) in [7, 11) is 0. The molecule has 0 spiro atoms. The molecule has 1 saturated heterocycles. The molecule has 2 aliphatic rings. The van der Waals surface area contributed by atoms with E-state index in [0.29, 0.717) is 17.9 Å². The molecule has 0 aromatic heterocycles. The normalized spacial score (nSPS) is 28.1. The lowest BCUT2D eigenvalue weighted by Crippen LogP contribution is -2.43. The first-order chi connectivity index (χ1) is 9.66. The number of hydrogen-bond acceptors (Lipinski definition) is 2. The van der Waals surface area contributed by atoms with Crippen LogP contribution < -0.4 is 5.43 Å². The van der Waals surface area contributed by atoms with E-state index in [-0.39, 0.29) is 11.9 Å². The maximum atomic E-state index is 12.7. The van der Waals surface area contributed by atoms with Crippen LogP contribution in [0.25, 0.3) is 0 Å². The van der Waals surface area contributed by atoms with Crippen LogP contribution in [0.5, 0.6) is 0 Å². The lowest BCUT2D eigenvalue weighted by atomic mass is 9.90. The van der Waals surface area contributed by atoms with E-state index in [9.17, 15) is 4.79 Å². The molecule has 20 heavy (non-hydrogen) atoms. The molecule has 1 fully saturated rings. The molecule has 3 atom stereocenters. The van der Waals surface area contributed by atoms with Crippen LogP contribution in [0.4, 0.5) is 0 Å². The summed E-state index contributed by atoms with van der Waals surface area (Å²) in [5.41, 5.74) is 4.21. The zero-order valence-electron chi connectivity index (χ0n) is 12.1. The molecule has 1 aliphatic carbocycles. The van der Waals surface area contributed by atoms with Gasteiger partial charge in [-0.15, -0.1) is 0 Å². The van der Waals surface area contributed by atoms with Crippen molar-refractivity contribution in [3.8, 4) is 0 Å². The molecule has 106 valence electrons. The van der Waals surface area contributed by atoms with E-state index < -0.39 is 0 Å². The van der Waals surface area contributed by atoms with Gasteiger partial charge in [0, 0.05) is 17.5 Å². The number of nitrogens with zero attached hydrogens (tertiary/aromatic N) is 1. The molecule has 1 N–H and O–H groups in total. The fourth-order valence-electron chi connectivity index (χ4n) is 3.35. The molecule has 3 heteroatoms. The van der Waals surface area contributed by atoms with Gasteiger partial charge in [-0.2, -0.15) is 0 Å². The van der Waals surface area contributed by atoms with Crippen LogP contribution in [0, 0.1) is 11.8 Å². The van der Waals surface area contributed by atoms with Crippen molar-refractivity contribution in [2.24, 2.45) is 11.8 Å². The third-order valence-corrected chi connectivity index (χ3v) is 4.26. The summed E-state index contributed by atoms with van der Waals surface area (Å²) < 4.78 is 0. The summed E-state index contributed by atoms with van der Waals surface area (Å²) in [6, 6.07) is 10.2. The van der Waals surface area contributed by atoms with Gasteiger partial charge in [-0.25, -0.2) is 5.43 Å². The van der Waals surface area contributed by atoms with Crippen molar-refractivity contribution < 1.29 is 4.79 Å². The predicted octanol–water partition coefficient (Wildman–Crippen LogP) is 3.01. The highest BCUT2D eigenvalue weighted by molar-refractivity contribution is 5.94. The van der Waals surface area contributed by atoms with Gasteiger partial charge >= 0.3 is 0 Å². The molecule has 0 unspecified atom stereocenters. The van der Waals surface area contributed by atoms with Crippen molar-refractivity contribution in [3.63, 3.8) is 0 Å². The number of hydrogen-bond donors (Lipinski definition) is 1. The monoisotopic (exact) mass is 270 g/mol. The lowest BCUT2D eigenvalue weighted by Gasteiger charge is -2.22. The van der Waals surface area contributed by atoms with Gasteiger partial charge in [0.25, 0.3) is 5.91 Å². The Labute approximate surface area is 120 Å². The van der Waals surface area contributed by atoms with Gasteiger partial charge in [-0.3, -0.25) is 9.80 Å². The molecule has 1 amide bonds. The molecule has 0 saturated carbocycles. The highest BCUT2D eigenvalue weighted by Crippen LogP contribution is 2.35. The van der Waals surface area contributed by atoms with Gasteiger partial charge in [0.05, 0.1) is 6.04 Å². The number of rotatable bonds is 3. The maximum Gasteiger partial charge on any atom is 0.268 e. The summed E-state index contributed by atoms with van der Waals surface area (Å²) in [5, 5.41) is 1.84. The van der Waals surface area contributed by atoms with Crippen molar-refractivity contribution in [1.29, 1.82) is 0 Å². The number of nitrogens with one attached hydrogen (secondary N) is 1. The van der Waals surface area contributed by atoms with E-state index >= 15 is 0 Å². The van der Waals surface area contributed by atoms with Crippen LogP contribution in [-0.2, 0) is 0 Å². The van der Waals surface area contributed by atoms with E-state index in [0.717, 1.165) is 18.4 Å². The molecule has 1 heterocycles. The molecular weight excluding hydrogens is 248 g/mol. The summed E-state index contributed by atoms with van der Waals surface area (Å²) in [4.78, 5) is 12.7. The zero-order chi connectivity index (χ0) is 14.1. The van der Waals surface area contributed by atoms with Crippen molar-refractivity contribution in [1.82, 2.24) is 10.4 Å². The average Bonchev–Trinajstić information content (AvgIpc) is 3.02. The van der Waals surface area contributed by atoms with Gasteiger partial charge in [0.1, 0.15) is 0 Å². The van der Waals surface area contributed by atoms with Gasteiger partial charge in [-0.1, -0.05) is 44.2 Å². The van der Waals surface area contributed by atoms with Crippen LogP contribution >= 0.6 is 0 Å². The Balaban J connectivity index is 1.80. The van der Waals surface area contributed by atoms with Crippen LogP contribution in [-0.4, -0.2) is 23.0 Å². The van der Waals surface area contributed by atoms with Gasteiger partial charge < -0.3 is 0 Å². The first-order valence-electron chi connectivity index (χ1n) is 7.48. The van der Waals surface area contributed by atoms with Gasteiger partial charge in [0.2, 0.25) is 0 Å². The summed E-state index contributed by atoms with van der Waals surface area (Å²) in [6.45, 7) is 4.47. The highest BCUT2D eigenvalue weighted by Gasteiger charge is 2.44. The second kappa shape index (κ2) is 5.41. The lowest BCUT2D eigenvalue weighted by molar-refractivity contribution is 0.0666. The van der Waals surface area contributed by atoms with Crippen molar-refractivity contribution in [2.75, 3.05) is 0 Å². The second-order valence-corrected chi connectivity index (χ2v) is 6.22. The Bertz CT molecular complexity index is 509. The van der Waals surface area contributed by atoms with E-state index in [4.69, 9.17) is 0 Å². The van der Waals surface area contributed by atoms with E-state index in [2.05, 4.69) is 31.4 Å². The minimum absolute atomic E-state index is 0.0819. The summed E-state index contributed by atoms with van der Waals surface area (Å²) >= 11 is 0. The third-order valence-electron chi connectivity index (χ3n) is 4.26. The van der Waals surface area contributed by atoms with E-state index in [1.165, 1.54) is 0 Å². The van der Waals surface area contributed by atoms with Gasteiger partial charge in [-0.05, 0) is 30.9 Å². The zero-order valence-corrected chi connectivity index (χ0v) is 12.1. The Kier molecular flexibility index (Phi) is 3.62. The average molecular weight is 270 g/mol. The standard InChI is InChI=1S/C17H22N2O/c1-12(2)11-15-14-9-6-10-16(14)19(18-15)17(20)13-7-4-3-5-8-13/h3-8,10,12,14-16,18H,9,11H2,1-2H3/t14-,15+,16-/m0/s1. The third kappa shape index (κ3) is 2.38. The minimum Gasteiger partial charge on any atom is -0.268 e. The van der Waals surface area contributed by atoms with Crippen LogP contribution in [0.1, 0.15) is 37.0 Å². The number of benzene rings is 1. The second-order valence-electron chi connectivity index (χ2n) is 6.22. The van der Waals surface area contributed by atoms with Crippen molar-refractivity contribution in [3.05, 3.63) is 48.0 Å². The Morgan fingerprint density at radius 3 is 2.80 bits per heavy atom. The molecule has 1 aromatic carbocycles. The number of carbonyl (C=O) groups excluding carboxylic acids is 1. The van der Waals surface area contributed by atoms with Crippen LogP contribution in [0.15, 0.2) is 42.5 Å². The molecule has 3 nitrogen and oxygen atoms in total. The highest BCUT2D eigenvalue weighted by atomic mass is 16.2. The first-order valence-corrected chi connectivity index (χ1v) is 7.48. The number of hydrazine groups is 1. The topological polar surface area (TPSA) is 32.3 Å². The molecule has 3 rings (SSSR count). The number of carbonyl (C=O) groups is 1. The van der Waals surface area contributed by atoms with Gasteiger partial charge in [0.15, 0.2) is 0 Å². The number of fused-ring (bicyclic) bond motifs is 1. The fourth-order valence-corrected chi connectivity index (χ4v) is 3.35. The van der Waals surface area contributed by atoms with E-state index in [1.54, 1.807) is 0 Å². The fraction of sp³-hybridized carbons (Fsp3) is 0.471. The minimum atomic E-state index is 0.0819. The smallest absolute Gasteiger partial charge is 0.268 e. The Morgan fingerprint density at radius 1 is 1.35 bits per heavy atom. The molecule has 0 bridgehead atoms. The summed E-state index contributed by atoms with van der Waals surface area (Å²) in [6.07, 6.45) is 6.59. The first kappa shape index (κ1) is 13.4. The van der Waals surface area contributed by atoms with Crippen molar-refractivity contribution in [2.45, 2.75) is 38.8 Å². The van der Waals surface area contributed by atoms with Crippen LogP contribution in [0.2, 0.25) is 0 Å². The predicted molar refractivity (Wildman–Crippen MR) is 80.0 cm³/mol. The number of allylic oxidation sites excluding steroid dienone is 1. The molecular formula is C17H22N2O. The maximum absolute atomic E-state index is 12.7. The molecule has 1 aromatic rings. The van der Waals surface area contributed by atoms with Crippen molar-refractivity contribution >= 4 is 5.91 Å². The largest absolute Gasteiger partial charge is 0.268 e. The molecule has 1 aliphatic heterocycles. The Morgan fingerprint density at radius 2 is 2.10 bits per heavy atom. The van der Waals surface area contributed by atoms with Crippen LogP contribution in [0.3, 0.4) is 0 Å². The van der Waals surface area contributed by atoms with E-state index in [1.807, 2.05) is 35.3 Å². The Hall–Kier alpha value is -1.61. The molecule has 0 radical (unpaired) electrons. The quantitative estimate of drug-likeness (QED) is 0.856.